The van der Waals surface area contributed by atoms with Crippen LogP contribution in [0.25, 0.3) is 0 Å². The molecule has 0 amide bonds. The van der Waals surface area contributed by atoms with Gasteiger partial charge >= 0.3 is 0 Å². The molecule has 28 heavy (non-hydrogen) atoms. The highest BCUT2D eigenvalue weighted by atomic mass is 16.5. The number of rotatable bonds is 8. The molecule has 1 aromatic heterocycles. The zero-order valence-electron chi connectivity index (χ0n) is 16.5. The first-order valence-corrected chi connectivity index (χ1v) is 9.25. The minimum atomic E-state index is 0.139. The summed E-state index contributed by atoms with van der Waals surface area (Å²) in [6, 6.07) is 15.3. The molecule has 0 aliphatic heterocycles. The number of nitrogens with zero attached hydrogens (tertiary/aromatic N) is 3. The van der Waals surface area contributed by atoms with Crippen LogP contribution in [0.4, 0.5) is 23.1 Å². The van der Waals surface area contributed by atoms with Crippen molar-refractivity contribution in [2.24, 2.45) is 0 Å². The first kappa shape index (κ1) is 19.4. The van der Waals surface area contributed by atoms with Crippen molar-refractivity contribution in [3.8, 4) is 11.5 Å². The van der Waals surface area contributed by atoms with Gasteiger partial charge in [0.2, 0.25) is 5.95 Å². The van der Waals surface area contributed by atoms with E-state index in [2.05, 4.69) is 25.8 Å². The monoisotopic (exact) mass is 379 g/mol. The molecule has 0 saturated heterocycles. The van der Waals surface area contributed by atoms with E-state index in [1.807, 2.05) is 76.2 Å². The van der Waals surface area contributed by atoms with Crippen molar-refractivity contribution in [3.05, 3.63) is 54.7 Å². The standard InChI is InChI=1S/C21H25N5O2/c1-14(2)27-18-9-5-16(6-10-18)23-20-13-22-26-21(25-20)24-17-7-11-19(12-8-17)28-15(3)4/h5-15H,1-4H3,(H2,23,24,25,26). The number of hydrogen-bond donors (Lipinski definition) is 2. The molecule has 2 N–H and O–H groups in total. The molecule has 0 aliphatic rings. The second-order valence-electron chi connectivity index (χ2n) is 6.80. The van der Waals surface area contributed by atoms with Gasteiger partial charge in [-0.15, -0.1) is 5.10 Å². The van der Waals surface area contributed by atoms with Gasteiger partial charge in [0.25, 0.3) is 0 Å². The predicted octanol–water partition coefficient (Wildman–Crippen LogP) is 4.93. The Morgan fingerprint density at radius 3 is 1.71 bits per heavy atom. The van der Waals surface area contributed by atoms with Crippen LogP contribution in [0, 0.1) is 0 Å². The van der Waals surface area contributed by atoms with Crippen LogP contribution in [0.2, 0.25) is 0 Å². The number of nitrogens with one attached hydrogen (secondary N) is 2. The molecule has 1 heterocycles. The number of anilines is 4. The van der Waals surface area contributed by atoms with Crippen molar-refractivity contribution in [3.63, 3.8) is 0 Å². The molecular weight excluding hydrogens is 354 g/mol. The van der Waals surface area contributed by atoms with E-state index in [1.165, 1.54) is 0 Å². The predicted molar refractivity (Wildman–Crippen MR) is 111 cm³/mol. The highest BCUT2D eigenvalue weighted by Crippen LogP contribution is 2.22. The van der Waals surface area contributed by atoms with Crippen molar-refractivity contribution < 1.29 is 9.47 Å². The van der Waals surface area contributed by atoms with Gasteiger partial charge in [0, 0.05) is 11.4 Å². The lowest BCUT2D eigenvalue weighted by Crippen LogP contribution is -2.06. The maximum atomic E-state index is 5.65. The fourth-order valence-electron chi connectivity index (χ4n) is 2.47. The summed E-state index contributed by atoms with van der Waals surface area (Å²) < 4.78 is 11.3. The van der Waals surface area contributed by atoms with Gasteiger partial charge in [0.1, 0.15) is 11.5 Å². The quantitative estimate of drug-likeness (QED) is 0.574. The molecule has 0 aliphatic carbocycles. The van der Waals surface area contributed by atoms with E-state index in [0.29, 0.717) is 11.8 Å². The van der Waals surface area contributed by atoms with Crippen LogP contribution in [0.15, 0.2) is 54.7 Å². The zero-order chi connectivity index (χ0) is 19.9. The minimum Gasteiger partial charge on any atom is -0.491 e. The Morgan fingerprint density at radius 1 is 0.714 bits per heavy atom. The van der Waals surface area contributed by atoms with Gasteiger partial charge in [-0.25, -0.2) is 0 Å². The summed E-state index contributed by atoms with van der Waals surface area (Å²) >= 11 is 0. The lowest BCUT2D eigenvalue weighted by Gasteiger charge is -2.12. The van der Waals surface area contributed by atoms with E-state index < -0.39 is 0 Å². The molecule has 146 valence electrons. The molecule has 7 heteroatoms. The van der Waals surface area contributed by atoms with Crippen molar-refractivity contribution in [2.45, 2.75) is 39.9 Å². The lowest BCUT2D eigenvalue weighted by atomic mass is 10.3. The summed E-state index contributed by atoms with van der Waals surface area (Å²) in [4.78, 5) is 4.45. The van der Waals surface area contributed by atoms with Crippen LogP contribution < -0.4 is 20.1 Å². The summed E-state index contributed by atoms with van der Waals surface area (Å²) in [5, 5.41) is 14.4. The smallest absolute Gasteiger partial charge is 0.249 e. The van der Waals surface area contributed by atoms with Gasteiger partial charge in [-0.3, -0.25) is 0 Å². The Hall–Kier alpha value is -3.35. The van der Waals surface area contributed by atoms with Crippen LogP contribution >= 0.6 is 0 Å². The van der Waals surface area contributed by atoms with Crippen LogP contribution in [0.3, 0.4) is 0 Å². The third-order valence-electron chi connectivity index (χ3n) is 3.54. The van der Waals surface area contributed by atoms with Crippen LogP contribution in [0.5, 0.6) is 11.5 Å². The average molecular weight is 379 g/mol. The number of benzene rings is 2. The van der Waals surface area contributed by atoms with E-state index in [4.69, 9.17) is 9.47 Å². The number of aromatic nitrogens is 3. The van der Waals surface area contributed by atoms with E-state index >= 15 is 0 Å². The highest BCUT2D eigenvalue weighted by Gasteiger charge is 2.04. The Morgan fingerprint density at radius 2 is 1.21 bits per heavy atom. The Kier molecular flexibility index (Phi) is 6.26. The molecule has 3 rings (SSSR count). The Labute approximate surface area is 165 Å². The molecule has 0 spiro atoms. The van der Waals surface area contributed by atoms with Gasteiger partial charge in [-0.2, -0.15) is 10.1 Å². The Balaban J connectivity index is 1.63. The van der Waals surface area contributed by atoms with E-state index in [-0.39, 0.29) is 12.2 Å². The summed E-state index contributed by atoms with van der Waals surface area (Å²) in [5.74, 6) is 2.64. The molecule has 0 radical (unpaired) electrons. The fourth-order valence-corrected chi connectivity index (χ4v) is 2.47. The molecule has 2 aromatic carbocycles. The molecule has 3 aromatic rings. The second-order valence-corrected chi connectivity index (χ2v) is 6.80. The highest BCUT2D eigenvalue weighted by molar-refractivity contribution is 5.59. The second kappa shape index (κ2) is 9.03. The van der Waals surface area contributed by atoms with Crippen LogP contribution in [-0.2, 0) is 0 Å². The third kappa shape index (κ3) is 5.84. The van der Waals surface area contributed by atoms with Crippen LogP contribution in [0.1, 0.15) is 27.7 Å². The molecule has 0 atom stereocenters. The molecular formula is C21H25N5O2. The normalized spacial score (nSPS) is 10.8. The van der Waals surface area contributed by atoms with Crippen molar-refractivity contribution in [2.75, 3.05) is 10.6 Å². The van der Waals surface area contributed by atoms with Crippen molar-refractivity contribution in [1.82, 2.24) is 15.2 Å². The van der Waals surface area contributed by atoms with Crippen LogP contribution in [-0.4, -0.2) is 27.4 Å². The third-order valence-corrected chi connectivity index (χ3v) is 3.54. The van der Waals surface area contributed by atoms with Gasteiger partial charge in [-0.1, -0.05) is 0 Å². The minimum absolute atomic E-state index is 0.139. The summed E-state index contributed by atoms with van der Waals surface area (Å²) in [7, 11) is 0. The number of hydrogen-bond acceptors (Lipinski definition) is 7. The molecule has 7 nitrogen and oxygen atoms in total. The molecule has 0 fully saturated rings. The van der Waals surface area contributed by atoms with E-state index in [0.717, 1.165) is 22.9 Å². The lowest BCUT2D eigenvalue weighted by molar-refractivity contribution is 0.242. The first-order valence-electron chi connectivity index (χ1n) is 9.25. The summed E-state index contributed by atoms with van der Waals surface area (Å²) in [5.41, 5.74) is 1.74. The van der Waals surface area contributed by atoms with E-state index in [1.54, 1.807) is 6.20 Å². The maximum absolute atomic E-state index is 5.65. The maximum Gasteiger partial charge on any atom is 0.249 e. The van der Waals surface area contributed by atoms with Gasteiger partial charge in [-0.05, 0) is 76.2 Å². The SMILES string of the molecule is CC(C)Oc1ccc(Nc2cnnc(Nc3ccc(OC(C)C)cc3)n2)cc1. The fraction of sp³-hybridized carbons (Fsp3) is 0.286. The largest absolute Gasteiger partial charge is 0.491 e. The van der Waals surface area contributed by atoms with Gasteiger partial charge in [0.15, 0.2) is 5.82 Å². The van der Waals surface area contributed by atoms with Crippen molar-refractivity contribution in [1.29, 1.82) is 0 Å². The van der Waals surface area contributed by atoms with Gasteiger partial charge < -0.3 is 20.1 Å². The van der Waals surface area contributed by atoms with E-state index in [9.17, 15) is 0 Å². The molecule has 0 bridgehead atoms. The number of ether oxygens (including phenoxy) is 2. The summed E-state index contributed by atoms with van der Waals surface area (Å²) in [6.45, 7) is 7.99. The topological polar surface area (TPSA) is 81.2 Å². The van der Waals surface area contributed by atoms with Gasteiger partial charge in [0.05, 0.1) is 18.4 Å². The average Bonchev–Trinajstić information content (AvgIpc) is 2.64. The summed E-state index contributed by atoms with van der Waals surface area (Å²) in [6.07, 6.45) is 1.85. The first-order chi connectivity index (χ1) is 13.5. The molecule has 0 saturated carbocycles. The van der Waals surface area contributed by atoms with Crippen molar-refractivity contribution >= 4 is 23.1 Å². The zero-order valence-corrected chi connectivity index (χ0v) is 16.5. The Bertz CT molecular complexity index is 809. The molecule has 0 unspecified atom stereocenters.